The van der Waals surface area contributed by atoms with Crippen LogP contribution in [0.5, 0.6) is 0 Å². The Kier molecular flexibility index (Phi) is 4.23. The van der Waals surface area contributed by atoms with Gasteiger partial charge in [0.05, 0.1) is 28.6 Å². The normalized spacial score (nSPS) is 42.0. The number of ether oxygens (including phenoxy) is 1. The summed E-state index contributed by atoms with van der Waals surface area (Å²) in [6.07, 6.45) is 0.220. The van der Waals surface area contributed by atoms with Crippen LogP contribution in [-0.2, 0) is 17.2 Å². The summed E-state index contributed by atoms with van der Waals surface area (Å²) < 4.78 is 51.0. The highest BCUT2D eigenvalue weighted by molar-refractivity contribution is 5.76. The molecule has 10 heteroatoms. The fourth-order valence-corrected chi connectivity index (χ4v) is 10.9. The molecule has 5 aliphatic carbocycles. The molecule has 6 aliphatic rings. The molecule has 3 aromatic heterocycles. The van der Waals surface area contributed by atoms with Crippen molar-refractivity contribution in [1.82, 2.24) is 24.5 Å². The number of hydrogen-bond acceptors (Lipinski definition) is 6. The summed E-state index contributed by atoms with van der Waals surface area (Å²) in [7, 11) is 1.73. The molecule has 6 fully saturated rings. The van der Waals surface area contributed by atoms with Crippen LogP contribution in [-0.4, -0.2) is 37.3 Å². The van der Waals surface area contributed by atoms with Crippen molar-refractivity contribution in [2.24, 2.45) is 48.0 Å². The molecule has 1 aliphatic heterocycles. The van der Waals surface area contributed by atoms with Crippen LogP contribution >= 0.6 is 0 Å². The van der Waals surface area contributed by atoms with Crippen molar-refractivity contribution in [1.29, 1.82) is 0 Å². The van der Waals surface area contributed by atoms with Crippen LogP contribution in [0.2, 0.25) is 0 Å². The summed E-state index contributed by atoms with van der Waals surface area (Å²) in [4.78, 5) is 32.0. The van der Waals surface area contributed by atoms with Gasteiger partial charge in [-0.1, -0.05) is 0 Å². The Morgan fingerprint density at radius 3 is 2.40 bits per heavy atom. The van der Waals surface area contributed by atoms with Crippen molar-refractivity contribution in [3.05, 3.63) is 57.2 Å². The van der Waals surface area contributed by atoms with E-state index in [2.05, 4.69) is 0 Å². The molecule has 0 amide bonds. The van der Waals surface area contributed by atoms with Gasteiger partial charge in [-0.3, -0.25) is 4.79 Å². The number of alkyl halides is 3. The predicted octanol–water partition coefficient (Wildman–Crippen LogP) is 4.70. The highest BCUT2D eigenvalue weighted by atomic mass is 19.4. The molecule has 9 rings (SSSR count). The smallest absolute Gasteiger partial charge is 0.373 e. The van der Waals surface area contributed by atoms with Gasteiger partial charge in [0.1, 0.15) is 11.3 Å². The molecular weight excluding hydrogens is 519 g/mol. The first-order valence-electron chi connectivity index (χ1n) is 14.5. The number of rotatable bonds is 3. The largest absolute Gasteiger partial charge is 0.395 e. The van der Waals surface area contributed by atoms with E-state index < -0.39 is 11.6 Å². The predicted molar refractivity (Wildman–Crippen MR) is 137 cm³/mol. The van der Waals surface area contributed by atoms with Gasteiger partial charge >= 0.3 is 6.18 Å². The fraction of sp³-hybridized carbons (Fsp3) is 0.633. The second kappa shape index (κ2) is 7.12. The van der Waals surface area contributed by atoms with Gasteiger partial charge in [-0.25, -0.2) is 19.9 Å². The summed E-state index contributed by atoms with van der Waals surface area (Å²) in [5.41, 5.74) is 2.86. The number of halogens is 3. The number of fused-ring (bicyclic) bond motifs is 3. The second-order valence-corrected chi connectivity index (χ2v) is 13.3. The lowest BCUT2D eigenvalue weighted by molar-refractivity contribution is -0.462. The third-order valence-electron chi connectivity index (χ3n) is 12.3. The van der Waals surface area contributed by atoms with E-state index in [-0.39, 0.29) is 58.5 Å². The molecule has 0 spiro atoms. The van der Waals surface area contributed by atoms with Crippen molar-refractivity contribution in [3.63, 3.8) is 0 Å². The monoisotopic (exact) mass is 549 g/mol. The third kappa shape index (κ3) is 2.38. The van der Waals surface area contributed by atoms with Crippen LogP contribution < -0.4 is 5.56 Å². The SMILES string of the molecule is Cc1nc2nc(C3CCOC(c4ccc(=O)n(C)c4)C3)nc(C34C5CC6C3C3C4C(C5)C63C(F)(F)F)c2nc1C. The van der Waals surface area contributed by atoms with Gasteiger partial charge in [-0.15, -0.1) is 0 Å². The Balaban J connectivity index is 1.16. The summed E-state index contributed by atoms with van der Waals surface area (Å²) in [5.74, 6) is 0.231. The van der Waals surface area contributed by atoms with Crippen molar-refractivity contribution in [2.45, 2.75) is 63.1 Å². The van der Waals surface area contributed by atoms with E-state index in [1.54, 1.807) is 17.7 Å². The average molecular weight is 550 g/mol. The fourth-order valence-electron chi connectivity index (χ4n) is 10.9. The molecule has 3 aromatic rings. The third-order valence-corrected chi connectivity index (χ3v) is 12.3. The highest BCUT2D eigenvalue weighted by Gasteiger charge is 3.02. The van der Waals surface area contributed by atoms with Crippen LogP contribution in [0.15, 0.2) is 23.1 Å². The molecule has 7 nitrogen and oxygen atoms in total. The zero-order chi connectivity index (χ0) is 27.5. The van der Waals surface area contributed by atoms with Crippen molar-refractivity contribution < 1.29 is 17.9 Å². The molecular formula is C30H30F3N5O2. The van der Waals surface area contributed by atoms with Gasteiger partial charge in [-0.2, -0.15) is 13.2 Å². The molecule has 208 valence electrons. The molecule has 5 saturated carbocycles. The lowest BCUT2D eigenvalue weighted by Crippen LogP contribution is -2.88. The van der Waals surface area contributed by atoms with E-state index in [0.29, 0.717) is 42.9 Å². The lowest BCUT2D eigenvalue weighted by Gasteiger charge is -2.85. The lowest BCUT2D eigenvalue weighted by atomic mass is 9.18. The Hall–Kier alpha value is -2.88. The molecule has 0 N–H and O–H groups in total. The quantitative estimate of drug-likeness (QED) is 0.471. The molecule has 40 heavy (non-hydrogen) atoms. The van der Waals surface area contributed by atoms with E-state index >= 15 is 0 Å². The van der Waals surface area contributed by atoms with Crippen molar-refractivity contribution in [2.75, 3.05) is 6.61 Å². The van der Waals surface area contributed by atoms with Gasteiger partial charge in [0.25, 0.3) is 0 Å². The Labute approximate surface area is 228 Å². The van der Waals surface area contributed by atoms with Gasteiger partial charge < -0.3 is 9.30 Å². The summed E-state index contributed by atoms with van der Waals surface area (Å²) in [6.45, 7) is 4.38. The Morgan fingerprint density at radius 2 is 1.70 bits per heavy atom. The first-order valence-corrected chi connectivity index (χ1v) is 14.5. The van der Waals surface area contributed by atoms with E-state index in [1.165, 1.54) is 0 Å². The van der Waals surface area contributed by atoms with Crippen molar-refractivity contribution >= 4 is 11.2 Å². The van der Waals surface area contributed by atoms with Crippen LogP contribution in [0.1, 0.15) is 66.2 Å². The first kappa shape index (κ1) is 23.8. The van der Waals surface area contributed by atoms with Crippen molar-refractivity contribution in [3.8, 4) is 0 Å². The average Bonchev–Trinajstić information content (AvgIpc) is 3.04. The molecule has 4 heterocycles. The number of nitrogens with zero attached hydrogens (tertiary/aromatic N) is 5. The summed E-state index contributed by atoms with van der Waals surface area (Å²) >= 11 is 0. The minimum Gasteiger partial charge on any atom is -0.373 e. The molecule has 1 saturated heterocycles. The van der Waals surface area contributed by atoms with Crippen LogP contribution in [0, 0.1) is 54.8 Å². The van der Waals surface area contributed by atoms with Gasteiger partial charge in [0.15, 0.2) is 5.65 Å². The zero-order valence-corrected chi connectivity index (χ0v) is 22.6. The molecule has 6 atom stereocenters. The highest BCUT2D eigenvalue weighted by Crippen LogP contribution is 3.00. The Morgan fingerprint density at radius 1 is 0.975 bits per heavy atom. The minimum absolute atomic E-state index is 0.0130. The maximum Gasteiger partial charge on any atom is 0.395 e. The number of aromatic nitrogens is 5. The van der Waals surface area contributed by atoms with E-state index in [0.717, 1.165) is 29.1 Å². The van der Waals surface area contributed by atoms with Crippen LogP contribution in [0.3, 0.4) is 0 Å². The molecule has 0 radical (unpaired) electrons. The molecule has 0 aromatic carbocycles. The Bertz CT molecular complexity index is 1680. The number of aryl methyl sites for hydroxylation is 3. The first-order chi connectivity index (χ1) is 19.1. The van der Waals surface area contributed by atoms with Gasteiger partial charge in [-0.05, 0) is 86.7 Å². The number of pyridine rings is 1. The van der Waals surface area contributed by atoms with Crippen LogP contribution in [0.25, 0.3) is 11.2 Å². The molecule has 0 bridgehead atoms. The maximum absolute atomic E-state index is 14.4. The maximum atomic E-state index is 14.4. The van der Waals surface area contributed by atoms with Crippen LogP contribution in [0.4, 0.5) is 13.2 Å². The standard InChI is InChI=1S/C30H30F3N5O2/c1-12-13(2)35-27-24(34-12)25(28-16-9-17-21(28)23-22(28)18(10-16)29(17,23)30(31,32)33)36-26(37-27)14-6-7-40-19(8-14)15-4-5-20(39)38(3)11-15/h4-5,11,14,16-19,21-23H,6-10H2,1-3H3. The van der Waals surface area contributed by atoms with Gasteiger partial charge in [0.2, 0.25) is 5.56 Å². The van der Waals surface area contributed by atoms with Gasteiger partial charge in [0, 0.05) is 37.3 Å². The number of hydrogen-bond donors (Lipinski definition) is 0. The minimum atomic E-state index is -4.12. The second-order valence-electron chi connectivity index (χ2n) is 13.3. The van der Waals surface area contributed by atoms with E-state index in [9.17, 15) is 18.0 Å². The summed E-state index contributed by atoms with van der Waals surface area (Å²) in [6, 6.07) is 3.37. The molecule has 6 unspecified atom stereocenters. The zero-order valence-electron chi connectivity index (χ0n) is 22.6. The summed E-state index contributed by atoms with van der Waals surface area (Å²) in [5, 5.41) is 0. The van der Waals surface area contributed by atoms with E-state index in [1.807, 2.05) is 26.1 Å². The van der Waals surface area contributed by atoms with E-state index in [4.69, 9.17) is 24.7 Å². The topological polar surface area (TPSA) is 82.8 Å².